The number of nitrogens with one attached hydrogen (secondary N) is 1. The third-order valence-electron chi connectivity index (χ3n) is 2.97. The molecule has 2 aromatic rings. The van der Waals surface area contributed by atoms with Gasteiger partial charge in [0.1, 0.15) is 0 Å². The molecule has 1 N–H and O–H groups in total. The van der Waals surface area contributed by atoms with E-state index in [9.17, 15) is 18.0 Å². The topological polar surface area (TPSA) is 38.3 Å². The quantitative estimate of drug-likeness (QED) is 0.811. The zero-order valence-electron chi connectivity index (χ0n) is 12.9. The molecule has 128 valence electrons. The second kappa shape index (κ2) is 8.10. The molecule has 0 aliphatic heterocycles. The Morgan fingerprint density at radius 2 is 1.92 bits per heavy atom. The minimum atomic E-state index is -4.80. The number of carbonyl (C=O) groups is 1. The molecule has 7 heteroatoms. The third kappa shape index (κ3) is 6.16. The van der Waals surface area contributed by atoms with Gasteiger partial charge in [0.2, 0.25) is 5.91 Å². The number of hydrogen-bond acceptors (Lipinski definition) is 3. The van der Waals surface area contributed by atoms with Crippen LogP contribution in [0.25, 0.3) is 0 Å². The van der Waals surface area contributed by atoms with Crippen LogP contribution in [0.3, 0.4) is 0 Å². The maximum atomic E-state index is 12.3. The van der Waals surface area contributed by atoms with Gasteiger partial charge in [-0.2, -0.15) is 0 Å². The smallest absolute Gasteiger partial charge is 0.404 e. The van der Waals surface area contributed by atoms with Crippen molar-refractivity contribution >= 4 is 23.4 Å². The number of anilines is 1. The Hall–Kier alpha value is -2.15. The number of carbonyl (C=O) groups excluding carboxylic acids is 1. The molecule has 0 atom stereocenters. The number of alkyl halides is 3. The van der Waals surface area contributed by atoms with Crippen molar-refractivity contribution in [3.05, 3.63) is 59.7 Å². The van der Waals surface area contributed by atoms with Crippen molar-refractivity contribution in [2.45, 2.75) is 19.0 Å². The summed E-state index contributed by atoms with van der Waals surface area (Å²) >= 11 is 1.39. The number of aryl methyl sites for hydroxylation is 1. The minimum absolute atomic E-state index is 0.00372. The number of para-hydroxylation sites is 2. The average molecular weight is 355 g/mol. The van der Waals surface area contributed by atoms with Crippen LogP contribution >= 0.6 is 11.8 Å². The summed E-state index contributed by atoms with van der Waals surface area (Å²) in [6, 6.07) is 13.4. The van der Waals surface area contributed by atoms with Crippen molar-refractivity contribution in [3.63, 3.8) is 0 Å². The summed E-state index contributed by atoms with van der Waals surface area (Å²) in [5.41, 5.74) is 2.22. The lowest BCUT2D eigenvalue weighted by Gasteiger charge is -2.13. The summed E-state index contributed by atoms with van der Waals surface area (Å²) in [5, 5.41) is 2.45. The first-order chi connectivity index (χ1) is 11.3. The summed E-state index contributed by atoms with van der Waals surface area (Å²) in [5.74, 6) is -0.0303. The Morgan fingerprint density at radius 3 is 2.62 bits per heavy atom. The molecule has 0 aliphatic carbocycles. The zero-order valence-corrected chi connectivity index (χ0v) is 13.7. The molecule has 2 rings (SSSR count). The first kappa shape index (κ1) is 18.2. The van der Waals surface area contributed by atoms with Crippen LogP contribution in [0, 0.1) is 6.92 Å². The van der Waals surface area contributed by atoms with Gasteiger partial charge in [-0.3, -0.25) is 4.79 Å². The summed E-state index contributed by atoms with van der Waals surface area (Å²) in [4.78, 5) is 11.9. The van der Waals surface area contributed by atoms with Crippen molar-refractivity contribution in [3.8, 4) is 5.75 Å². The molecule has 0 saturated carbocycles. The monoisotopic (exact) mass is 355 g/mol. The Bertz CT molecular complexity index is 704. The van der Waals surface area contributed by atoms with E-state index in [1.165, 1.54) is 30.0 Å². The minimum Gasteiger partial charge on any atom is -0.404 e. The molecule has 0 bridgehead atoms. The Kier molecular flexibility index (Phi) is 6.14. The van der Waals surface area contributed by atoms with Gasteiger partial charge in [0.25, 0.3) is 0 Å². The molecule has 2 aromatic carbocycles. The van der Waals surface area contributed by atoms with Gasteiger partial charge >= 0.3 is 6.36 Å². The van der Waals surface area contributed by atoms with E-state index in [1.54, 1.807) is 0 Å². The first-order valence-electron chi connectivity index (χ1n) is 7.11. The van der Waals surface area contributed by atoms with Gasteiger partial charge in [0, 0.05) is 5.75 Å². The van der Waals surface area contributed by atoms with Crippen molar-refractivity contribution in [2.75, 3.05) is 11.1 Å². The molecule has 0 fully saturated rings. The van der Waals surface area contributed by atoms with E-state index in [2.05, 4.69) is 10.1 Å². The number of benzene rings is 2. The molecule has 0 unspecified atom stereocenters. The van der Waals surface area contributed by atoms with Gasteiger partial charge in [-0.1, -0.05) is 42.0 Å². The molecule has 0 saturated heterocycles. The molecule has 0 radical (unpaired) electrons. The predicted molar refractivity (Wildman–Crippen MR) is 89.1 cm³/mol. The second-order valence-corrected chi connectivity index (χ2v) is 6.06. The maximum Gasteiger partial charge on any atom is 0.573 e. The van der Waals surface area contributed by atoms with Crippen molar-refractivity contribution < 1.29 is 22.7 Å². The Morgan fingerprint density at radius 1 is 1.17 bits per heavy atom. The molecule has 0 aliphatic rings. The average Bonchev–Trinajstić information content (AvgIpc) is 2.48. The fourth-order valence-corrected chi connectivity index (χ4v) is 2.81. The van der Waals surface area contributed by atoms with E-state index in [-0.39, 0.29) is 17.3 Å². The summed E-state index contributed by atoms with van der Waals surface area (Å²) in [7, 11) is 0. The van der Waals surface area contributed by atoms with Crippen molar-refractivity contribution in [1.82, 2.24) is 0 Å². The highest BCUT2D eigenvalue weighted by Crippen LogP contribution is 2.30. The molecular weight excluding hydrogens is 339 g/mol. The van der Waals surface area contributed by atoms with Crippen LogP contribution in [0.4, 0.5) is 18.9 Å². The zero-order chi connectivity index (χ0) is 17.6. The number of ether oxygens (including phenoxy) is 1. The standard InChI is InChI=1S/C17H16F3NO2S/c1-12-5-4-6-13(9-12)10-24-11-16(22)21-14-7-2-3-8-15(14)23-17(18,19)20/h2-9H,10-11H2,1H3,(H,21,22). The largest absolute Gasteiger partial charge is 0.573 e. The fraction of sp³-hybridized carbons (Fsp3) is 0.235. The number of halogens is 3. The van der Waals surface area contributed by atoms with E-state index < -0.39 is 12.1 Å². The van der Waals surface area contributed by atoms with E-state index in [0.29, 0.717) is 5.75 Å². The summed E-state index contributed by atoms with van der Waals surface area (Å²) in [6.07, 6.45) is -4.80. The van der Waals surface area contributed by atoms with Crippen LogP contribution in [0.1, 0.15) is 11.1 Å². The lowest BCUT2D eigenvalue weighted by molar-refractivity contribution is -0.274. The first-order valence-corrected chi connectivity index (χ1v) is 8.27. The predicted octanol–water partition coefficient (Wildman–Crippen LogP) is 4.77. The van der Waals surface area contributed by atoms with Crippen LogP contribution in [0.2, 0.25) is 0 Å². The lowest BCUT2D eigenvalue weighted by atomic mass is 10.2. The Labute approximate surface area is 142 Å². The number of amides is 1. The second-order valence-electron chi connectivity index (χ2n) is 5.07. The third-order valence-corrected chi connectivity index (χ3v) is 3.97. The molecule has 24 heavy (non-hydrogen) atoms. The fourth-order valence-electron chi connectivity index (χ4n) is 2.03. The lowest BCUT2D eigenvalue weighted by Crippen LogP contribution is -2.20. The van der Waals surface area contributed by atoms with Crippen LogP contribution in [-0.2, 0) is 10.5 Å². The summed E-state index contributed by atoms with van der Waals surface area (Å²) < 4.78 is 40.9. The van der Waals surface area contributed by atoms with Crippen LogP contribution in [0.5, 0.6) is 5.75 Å². The van der Waals surface area contributed by atoms with E-state index in [1.807, 2.05) is 31.2 Å². The van der Waals surface area contributed by atoms with E-state index in [0.717, 1.165) is 17.2 Å². The van der Waals surface area contributed by atoms with Gasteiger partial charge in [-0.05, 0) is 24.6 Å². The molecular formula is C17H16F3NO2S. The molecule has 0 aromatic heterocycles. The number of rotatable bonds is 6. The normalized spacial score (nSPS) is 11.2. The molecule has 0 spiro atoms. The van der Waals surface area contributed by atoms with Gasteiger partial charge in [0.15, 0.2) is 5.75 Å². The van der Waals surface area contributed by atoms with Crippen molar-refractivity contribution in [1.29, 1.82) is 0 Å². The molecule has 0 heterocycles. The van der Waals surface area contributed by atoms with Crippen molar-refractivity contribution in [2.24, 2.45) is 0 Å². The number of thioether (sulfide) groups is 1. The van der Waals surface area contributed by atoms with E-state index >= 15 is 0 Å². The molecule has 3 nitrogen and oxygen atoms in total. The SMILES string of the molecule is Cc1cccc(CSCC(=O)Nc2ccccc2OC(F)(F)F)c1. The van der Waals surface area contributed by atoms with E-state index in [4.69, 9.17) is 0 Å². The van der Waals surface area contributed by atoms with Gasteiger partial charge in [-0.25, -0.2) is 0 Å². The number of hydrogen-bond donors (Lipinski definition) is 1. The molecule has 1 amide bonds. The Balaban J connectivity index is 1.88. The van der Waals surface area contributed by atoms with Crippen LogP contribution in [0.15, 0.2) is 48.5 Å². The van der Waals surface area contributed by atoms with Gasteiger partial charge < -0.3 is 10.1 Å². The summed E-state index contributed by atoms with van der Waals surface area (Å²) in [6.45, 7) is 1.98. The highest BCUT2D eigenvalue weighted by molar-refractivity contribution is 7.99. The highest BCUT2D eigenvalue weighted by Gasteiger charge is 2.32. The van der Waals surface area contributed by atoms with Gasteiger partial charge in [-0.15, -0.1) is 24.9 Å². The maximum absolute atomic E-state index is 12.3. The highest BCUT2D eigenvalue weighted by atomic mass is 32.2. The van der Waals surface area contributed by atoms with Crippen LogP contribution in [-0.4, -0.2) is 18.0 Å². The van der Waals surface area contributed by atoms with Gasteiger partial charge in [0.05, 0.1) is 11.4 Å². The van der Waals surface area contributed by atoms with Crippen LogP contribution < -0.4 is 10.1 Å².